The first-order valence-corrected chi connectivity index (χ1v) is 7.90. The van der Waals surface area contributed by atoms with Crippen molar-refractivity contribution >= 4 is 28.6 Å². The Morgan fingerprint density at radius 2 is 1.75 bits per heavy atom. The molecule has 3 aromatic heterocycles. The summed E-state index contributed by atoms with van der Waals surface area (Å²) in [6, 6.07) is 0.0969. The molecule has 0 radical (unpaired) electrons. The van der Waals surface area contributed by atoms with Gasteiger partial charge in [0.05, 0.1) is 17.8 Å². The molecule has 1 aliphatic heterocycles. The summed E-state index contributed by atoms with van der Waals surface area (Å²) in [5.74, 6) is -0.372. The van der Waals surface area contributed by atoms with Crippen LogP contribution in [0, 0.1) is 11.6 Å². The molecule has 0 amide bonds. The number of nitrogens with zero attached hydrogens (tertiary/aromatic N) is 6. The van der Waals surface area contributed by atoms with E-state index in [9.17, 15) is 8.78 Å². The Balaban J connectivity index is 1.56. The van der Waals surface area contributed by atoms with E-state index in [0.717, 1.165) is 25.2 Å². The number of aromatic nitrogens is 5. The van der Waals surface area contributed by atoms with E-state index >= 15 is 0 Å². The summed E-state index contributed by atoms with van der Waals surface area (Å²) in [5, 5.41) is 0.372. The second-order valence-electron chi connectivity index (χ2n) is 5.67. The molecule has 9 heteroatoms. The highest BCUT2D eigenvalue weighted by Gasteiger charge is 2.25. The average Bonchev–Trinajstić information content (AvgIpc) is 2.94. The van der Waals surface area contributed by atoms with E-state index in [1.54, 1.807) is 0 Å². The fourth-order valence-corrected chi connectivity index (χ4v) is 3.31. The molecule has 3 aromatic rings. The fourth-order valence-electron chi connectivity index (χ4n) is 3.10. The maximum absolute atomic E-state index is 14.2. The summed E-state index contributed by atoms with van der Waals surface area (Å²) in [4.78, 5) is 18.0. The maximum Gasteiger partial charge on any atom is 0.225 e. The Kier molecular flexibility index (Phi) is 3.76. The zero-order valence-electron chi connectivity index (χ0n) is 12.5. The number of piperidine rings is 1. The van der Waals surface area contributed by atoms with Crippen molar-refractivity contribution in [3.8, 4) is 0 Å². The molecular weight excluding hydrogens is 338 g/mol. The van der Waals surface area contributed by atoms with Gasteiger partial charge in [0.25, 0.3) is 0 Å². The van der Waals surface area contributed by atoms with Crippen LogP contribution in [0.4, 0.5) is 14.7 Å². The standard InChI is InChI=1S/C15H13ClF2N6/c16-13-12-11(18)7-24(14(12)22-8-21-13)10-1-3-23(4-2-10)15-19-5-9(17)6-20-15/h5-8,10H,1-4H2. The third kappa shape index (κ3) is 2.56. The van der Waals surface area contributed by atoms with E-state index in [1.807, 2.05) is 9.47 Å². The Bertz CT molecular complexity index is 874. The highest BCUT2D eigenvalue weighted by Crippen LogP contribution is 2.31. The van der Waals surface area contributed by atoms with Crippen LogP contribution in [0.1, 0.15) is 18.9 Å². The van der Waals surface area contributed by atoms with Crippen LogP contribution in [0.15, 0.2) is 24.9 Å². The number of anilines is 1. The first kappa shape index (κ1) is 15.2. The SMILES string of the molecule is Fc1cnc(N2CCC(n3cc(F)c4c(Cl)ncnc43)CC2)nc1. The minimum atomic E-state index is -0.459. The summed E-state index contributed by atoms with van der Waals surface area (Å²) >= 11 is 5.97. The van der Waals surface area contributed by atoms with Gasteiger partial charge in [-0.1, -0.05) is 11.6 Å². The van der Waals surface area contributed by atoms with Crippen molar-refractivity contribution in [1.29, 1.82) is 0 Å². The van der Waals surface area contributed by atoms with Gasteiger partial charge < -0.3 is 9.47 Å². The Morgan fingerprint density at radius 3 is 2.46 bits per heavy atom. The number of rotatable bonds is 2. The molecule has 0 saturated carbocycles. The molecule has 0 atom stereocenters. The predicted molar refractivity (Wildman–Crippen MR) is 85.0 cm³/mol. The van der Waals surface area contributed by atoms with Crippen LogP contribution < -0.4 is 4.90 Å². The molecular formula is C15H13ClF2N6. The molecule has 0 bridgehead atoms. The summed E-state index contributed by atoms with van der Waals surface area (Å²) in [6.07, 6.45) is 6.61. The van der Waals surface area contributed by atoms with Crippen molar-refractivity contribution < 1.29 is 8.78 Å². The van der Waals surface area contributed by atoms with Crippen LogP contribution in [0.2, 0.25) is 5.15 Å². The van der Waals surface area contributed by atoms with E-state index in [4.69, 9.17) is 11.6 Å². The lowest BCUT2D eigenvalue weighted by Gasteiger charge is -2.32. The topological polar surface area (TPSA) is 59.7 Å². The summed E-state index contributed by atoms with van der Waals surface area (Å²) in [5.41, 5.74) is 0.504. The van der Waals surface area contributed by atoms with E-state index in [-0.39, 0.29) is 16.6 Å². The Labute approximate surface area is 141 Å². The molecule has 0 N–H and O–H groups in total. The number of hydrogen-bond acceptors (Lipinski definition) is 5. The summed E-state index contributed by atoms with van der Waals surface area (Å²) in [7, 11) is 0. The molecule has 24 heavy (non-hydrogen) atoms. The van der Waals surface area contributed by atoms with Crippen LogP contribution in [0.5, 0.6) is 0 Å². The predicted octanol–water partition coefficient (Wildman–Crippen LogP) is 2.99. The van der Waals surface area contributed by atoms with Gasteiger partial charge in [-0.25, -0.2) is 28.7 Å². The molecule has 4 heterocycles. The third-order valence-electron chi connectivity index (χ3n) is 4.26. The van der Waals surface area contributed by atoms with E-state index in [1.165, 1.54) is 12.5 Å². The minimum absolute atomic E-state index is 0.0969. The van der Waals surface area contributed by atoms with Crippen molar-refractivity contribution in [1.82, 2.24) is 24.5 Å². The Morgan fingerprint density at radius 1 is 1.04 bits per heavy atom. The lowest BCUT2D eigenvalue weighted by atomic mass is 10.1. The van der Waals surface area contributed by atoms with Gasteiger partial charge >= 0.3 is 0 Å². The monoisotopic (exact) mass is 350 g/mol. The molecule has 0 aromatic carbocycles. The van der Waals surface area contributed by atoms with Gasteiger partial charge in [0, 0.05) is 25.3 Å². The smallest absolute Gasteiger partial charge is 0.225 e. The van der Waals surface area contributed by atoms with Crippen LogP contribution >= 0.6 is 11.6 Å². The maximum atomic E-state index is 14.2. The summed E-state index contributed by atoms with van der Waals surface area (Å²) < 4.78 is 28.9. The van der Waals surface area contributed by atoms with Crippen LogP contribution in [-0.2, 0) is 0 Å². The second kappa shape index (κ2) is 5.94. The average molecular weight is 351 g/mol. The van der Waals surface area contributed by atoms with Crippen molar-refractivity contribution in [3.05, 3.63) is 41.7 Å². The van der Waals surface area contributed by atoms with E-state index in [0.29, 0.717) is 24.7 Å². The molecule has 0 spiro atoms. The summed E-state index contributed by atoms with van der Waals surface area (Å²) in [6.45, 7) is 1.38. The van der Waals surface area contributed by atoms with Crippen molar-refractivity contribution in [3.63, 3.8) is 0 Å². The highest BCUT2D eigenvalue weighted by atomic mass is 35.5. The Hall–Kier alpha value is -2.35. The lowest BCUT2D eigenvalue weighted by molar-refractivity contribution is 0.398. The highest BCUT2D eigenvalue weighted by molar-refractivity contribution is 6.34. The quantitative estimate of drug-likeness (QED) is 0.665. The van der Waals surface area contributed by atoms with Gasteiger partial charge in [-0.05, 0) is 12.8 Å². The van der Waals surface area contributed by atoms with Gasteiger partial charge in [0.15, 0.2) is 11.6 Å². The van der Waals surface area contributed by atoms with Crippen LogP contribution in [-0.4, -0.2) is 37.6 Å². The van der Waals surface area contributed by atoms with Crippen molar-refractivity contribution in [2.45, 2.75) is 18.9 Å². The second-order valence-corrected chi connectivity index (χ2v) is 6.02. The molecule has 1 fully saturated rings. The van der Waals surface area contributed by atoms with Crippen molar-refractivity contribution in [2.75, 3.05) is 18.0 Å². The lowest BCUT2D eigenvalue weighted by Crippen LogP contribution is -2.35. The number of hydrogen-bond donors (Lipinski definition) is 0. The first-order valence-electron chi connectivity index (χ1n) is 7.52. The van der Waals surface area contributed by atoms with Gasteiger partial charge in [-0.15, -0.1) is 0 Å². The fraction of sp³-hybridized carbons (Fsp3) is 0.333. The molecule has 1 saturated heterocycles. The molecule has 4 rings (SSSR count). The van der Waals surface area contributed by atoms with E-state index in [2.05, 4.69) is 19.9 Å². The van der Waals surface area contributed by atoms with Gasteiger partial charge in [-0.2, -0.15) is 0 Å². The van der Waals surface area contributed by atoms with Crippen molar-refractivity contribution in [2.24, 2.45) is 0 Å². The van der Waals surface area contributed by atoms with Crippen LogP contribution in [0.3, 0.4) is 0 Å². The molecule has 0 unspecified atom stereocenters. The number of fused-ring (bicyclic) bond motifs is 1. The van der Waals surface area contributed by atoms with E-state index < -0.39 is 11.6 Å². The molecule has 124 valence electrons. The zero-order chi connectivity index (χ0) is 16.7. The largest absolute Gasteiger partial charge is 0.341 e. The van der Waals surface area contributed by atoms with Gasteiger partial charge in [0.2, 0.25) is 5.95 Å². The third-order valence-corrected chi connectivity index (χ3v) is 4.55. The number of halogens is 3. The van der Waals surface area contributed by atoms with Crippen LogP contribution in [0.25, 0.3) is 11.0 Å². The molecule has 6 nitrogen and oxygen atoms in total. The first-order chi connectivity index (χ1) is 11.6. The normalized spacial score (nSPS) is 16.0. The zero-order valence-corrected chi connectivity index (χ0v) is 13.3. The molecule has 1 aliphatic rings. The molecule has 0 aliphatic carbocycles. The van der Waals surface area contributed by atoms with Gasteiger partial charge in [-0.3, -0.25) is 0 Å². The minimum Gasteiger partial charge on any atom is -0.341 e. The van der Waals surface area contributed by atoms with Gasteiger partial charge in [0.1, 0.15) is 17.1 Å².